The maximum atomic E-state index is 11.6. The molecule has 0 N–H and O–H groups in total. The van der Waals surface area contributed by atoms with Gasteiger partial charge in [-0.3, -0.25) is 20.2 Å². The molecule has 142 valence electrons. The third-order valence-corrected chi connectivity index (χ3v) is 5.36. The second-order valence-corrected chi connectivity index (χ2v) is 6.98. The van der Waals surface area contributed by atoms with Crippen LogP contribution in [0, 0.1) is 20.2 Å². The van der Waals surface area contributed by atoms with Crippen molar-refractivity contribution in [1.29, 1.82) is 0 Å². The fourth-order valence-corrected chi connectivity index (χ4v) is 4.08. The van der Waals surface area contributed by atoms with Crippen LogP contribution in [0.15, 0.2) is 18.2 Å². The van der Waals surface area contributed by atoms with Gasteiger partial charge in [0.1, 0.15) is 11.5 Å². The minimum Gasteiger partial charge on any atom is -0.356 e. The number of piperidine rings is 1. The summed E-state index contributed by atoms with van der Waals surface area (Å²) in [6.45, 7) is 1.51. The van der Waals surface area contributed by atoms with Crippen molar-refractivity contribution < 1.29 is 9.85 Å². The maximum absolute atomic E-state index is 11.6. The first-order valence-electron chi connectivity index (χ1n) is 9.17. The Morgan fingerprint density at radius 3 is 2.59 bits per heavy atom. The summed E-state index contributed by atoms with van der Waals surface area (Å²) in [6.07, 6.45) is 5.81. The number of non-ortho nitro benzene ring substituents is 1. The summed E-state index contributed by atoms with van der Waals surface area (Å²) in [6, 6.07) is 3.74. The van der Waals surface area contributed by atoms with E-state index in [1.807, 2.05) is 4.90 Å². The van der Waals surface area contributed by atoms with Gasteiger partial charge >= 0.3 is 0 Å². The molecule has 2 aliphatic heterocycles. The van der Waals surface area contributed by atoms with Crippen LogP contribution in [0.5, 0.6) is 0 Å². The van der Waals surface area contributed by atoms with Gasteiger partial charge in [-0.1, -0.05) is 0 Å². The minimum absolute atomic E-state index is 0.113. The van der Waals surface area contributed by atoms with Crippen LogP contribution in [0.2, 0.25) is 0 Å². The normalized spacial score (nSPS) is 19.6. The second-order valence-electron chi connectivity index (χ2n) is 6.98. The van der Waals surface area contributed by atoms with E-state index in [-0.39, 0.29) is 17.4 Å². The number of aromatic nitrogens is 3. The van der Waals surface area contributed by atoms with Crippen LogP contribution in [-0.4, -0.2) is 31.2 Å². The Morgan fingerprint density at radius 2 is 1.81 bits per heavy atom. The number of hydrogen-bond donors (Lipinski definition) is 0. The third-order valence-electron chi connectivity index (χ3n) is 5.36. The maximum Gasteiger partial charge on any atom is 0.299 e. The molecule has 0 radical (unpaired) electrons. The Morgan fingerprint density at radius 1 is 1.00 bits per heavy atom. The van der Waals surface area contributed by atoms with E-state index in [9.17, 15) is 20.2 Å². The first kappa shape index (κ1) is 17.4. The van der Waals surface area contributed by atoms with Crippen molar-refractivity contribution in [2.24, 2.45) is 0 Å². The van der Waals surface area contributed by atoms with Crippen LogP contribution < -0.4 is 4.90 Å². The average molecular weight is 372 g/mol. The summed E-state index contributed by atoms with van der Waals surface area (Å²) in [4.78, 5) is 23.4. The number of rotatable bonds is 4. The predicted molar refractivity (Wildman–Crippen MR) is 96.6 cm³/mol. The highest BCUT2D eigenvalue weighted by molar-refractivity contribution is 5.67. The van der Waals surface area contributed by atoms with Gasteiger partial charge in [-0.15, -0.1) is 10.2 Å². The van der Waals surface area contributed by atoms with Gasteiger partial charge in [0.25, 0.3) is 11.4 Å². The van der Waals surface area contributed by atoms with Gasteiger partial charge in [0.15, 0.2) is 5.82 Å². The molecule has 2 aliphatic rings. The monoisotopic (exact) mass is 372 g/mol. The van der Waals surface area contributed by atoms with Crippen molar-refractivity contribution in [2.45, 2.75) is 51.1 Å². The van der Waals surface area contributed by atoms with Crippen molar-refractivity contribution >= 4 is 17.1 Å². The Labute approximate surface area is 155 Å². The molecule has 1 atom stereocenters. The lowest BCUT2D eigenvalue weighted by molar-refractivity contribution is -0.393. The molecule has 1 unspecified atom stereocenters. The minimum atomic E-state index is -0.612. The molecule has 10 heteroatoms. The van der Waals surface area contributed by atoms with E-state index in [1.165, 1.54) is 12.1 Å². The molecular weight excluding hydrogens is 352 g/mol. The molecule has 0 aliphatic carbocycles. The summed E-state index contributed by atoms with van der Waals surface area (Å²) >= 11 is 0. The van der Waals surface area contributed by atoms with E-state index in [1.54, 1.807) is 0 Å². The van der Waals surface area contributed by atoms with E-state index >= 15 is 0 Å². The summed E-state index contributed by atoms with van der Waals surface area (Å²) < 4.78 is 2.14. The van der Waals surface area contributed by atoms with Crippen molar-refractivity contribution in [3.8, 4) is 0 Å². The molecule has 1 aromatic heterocycles. The van der Waals surface area contributed by atoms with E-state index in [4.69, 9.17) is 0 Å². The van der Waals surface area contributed by atoms with E-state index in [2.05, 4.69) is 14.8 Å². The zero-order valence-electron chi connectivity index (χ0n) is 14.8. The fraction of sp³-hybridized carbons (Fsp3) is 0.529. The van der Waals surface area contributed by atoms with Gasteiger partial charge in [-0.2, -0.15) is 0 Å². The molecule has 1 fully saturated rings. The van der Waals surface area contributed by atoms with Gasteiger partial charge in [0.05, 0.1) is 22.0 Å². The molecule has 2 aromatic rings. The molecule has 4 rings (SSSR count). The van der Waals surface area contributed by atoms with Crippen LogP contribution >= 0.6 is 0 Å². The van der Waals surface area contributed by atoms with Crippen LogP contribution in [0.25, 0.3) is 0 Å². The molecule has 27 heavy (non-hydrogen) atoms. The molecule has 0 bridgehead atoms. The largest absolute Gasteiger partial charge is 0.356 e. The number of fused-ring (bicyclic) bond motifs is 1. The molecular formula is C17H20N6O4. The number of anilines is 1. The standard InChI is InChI=1S/C17H20N6O4/c24-22(25)12-7-8-13(15(11-12)23(26)27)20-9-3-1-5-14(20)17-19-18-16-6-2-4-10-21(16)17/h7-8,11,14H,1-6,9-10H2. The Hall–Kier alpha value is -3.04. The topological polar surface area (TPSA) is 120 Å². The number of benzene rings is 1. The quantitative estimate of drug-likeness (QED) is 0.597. The highest BCUT2D eigenvalue weighted by Crippen LogP contribution is 2.40. The Balaban J connectivity index is 1.76. The zero-order valence-corrected chi connectivity index (χ0v) is 14.8. The van der Waals surface area contributed by atoms with Gasteiger partial charge in [-0.25, -0.2) is 0 Å². The molecule has 1 saturated heterocycles. The highest BCUT2D eigenvalue weighted by atomic mass is 16.6. The number of aryl methyl sites for hydroxylation is 1. The van der Waals surface area contributed by atoms with Crippen molar-refractivity contribution in [1.82, 2.24) is 14.8 Å². The van der Waals surface area contributed by atoms with Crippen molar-refractivity contribution in [2.75, 3.05) is 11.4 Å². The van der Waals surface area contributed by atoms with Crippen LogP contribution in [0.1, 0.15) is 49.8 Å². The number of hydrogen-bond acceptors (Lipinski definition) is 7. The first-order chi connectivity index (χ1) is 13.1. The summed E-state index contributed by atoms with van der Waals surface area (Å²) in [5.74, 6) is 1.82. The third kappa shape index (κ3) is 3.11. The van der Waals surface area contributed by atoms with Crippen molar-refractivity contribution in [3.05, 3.63) is 50.1 Å². The number of nitro groups is 2. The molecule has 0 spiro atoms. The summed E-state index contributed by atoms with van der Waals surface area (Å²) in [5, 5.41) is 31.3. The van der Waals surface area contributed by atoms with Crippen molar-refractivity contribution in [3.63, 3.8) is 0 Å². The SMILES string of the molecule is O=[N+]([O-])c1ccc(N2CCCCC2c2nnc3n2CCCC3)c([N+](=O)[O-])c1. The summed E-state index contributed by atoms with van der Waals surface area (Å²) in [5.41, 5.74) is -0.114. The van der Waals surface area contributed by atoms with E-state index in [0.717, 1.165) is 62.8 Å². The Bertz CT molecular complexity index is 896. The van der Waals surface area contributed by atoms with Gasteiger partial charge in [0.2, 0.25) is 0 Å². The number of nitrogens with zero attached hydrogens (tertiary/aromatic N) is 6. The van der Waals surface area contributed by atoms with Gasteiger partial charge in [-0.05, 0) is 38.2 Å². The lowest BCUT2D eigenvalue weighted by atomic mass is 9.99. The molecule has 0 saturated carbocycles. The zero-order chi connectivity index (χ0) is 19.0. The first-order valence-corrected chi connectivity index (χ1v) is 9.17. The molecule has 10 nitrogen and oxygen atoms in total. The lowest BCUT2D eigenvalue weighted by Crippen LogP contribution is -2.36. The number of nitro benzene ring substituents is 2. The fourth-order valence-electron chi connectivity index (χ4n) is 4.08. The van der Waals surface area contributed by atoms with Crippen LogP contribution in [-0.2, 0) is 13.0 Å². The van der Waals surface area contributed by atoms with E-state index < -0.39 is 9.85 Å². The Kier molecular flexibility index (Phi) is 4.46. The highest BCUT2D eigenvalue weighted by Gasteiger charge is 2.34. The van der Waals surface area contributed by atoms with E-state index in [0.29, 0.717) is 12.2 Å². The predicted octanol–water partition coefficient (Wildman–Crippen LogP) is 3.16. The van der Waals surface area contributed by atoms with Gasteiger partial charge in [0, 0.05) is 25.6 Å². The van der Waals surface area contributed by atoms with Crippen LogP contribution in [0.3, 0.4) is 0 Å². The molecule has 1 aromatic carbocycles. The molecule has 3 heterocycles. The van der Waals surface area contributed by atoms with Crippen LogP contribution in [0.4, 0.5) is 17.1 Å². The second kappa shape index (κ2) is 6.93. The van der Waals surface area contributed by atoms with Gasteiger partial charge < -0.3 is 9.47 Å². The average Bonchev–Trinajstić information content (AvgIpc) is 3.11. The lowest BCUT2D eigenvalue weighted by Gasteiger charge is -2.36. The summed E-state index contributed by atoms with van der Waals surface area (Å²) in [7, 11) is 0. The smallest absolute Gasteiger partial charge is 0.299 e. The molecule has 0 amide bonds.